The van der Waals surface area contributed by atoms with Crippen molar-refractivity contribution in [3.8, 4) is 0 Å². The van der Waals surface area contributed by atoms with Crippen LogP contribution in [0.3, 0.4) is 0 Å². The maximum absolute atomic E-state index is 11.7. The molecular weight excluding hydrogens is 244 g/mol. The summed E-state index contributed by atoms with van der Waals surface area (Å²) in [5.41, 5.74) is 0. The van der Waals surface area contributed by atoms with E-state index >= 15 is 0 Å². The molecule has 3 atom stereocenters. The van der Waals surface area contributed by atoms with Gasteiger partial charge in [-0.15, -0.1) is 0 Å². The van der Waals surface area contributed by atoms with Crippen molar-refractivity contribution in [2.24, 2.45) is 11.8 Å². The van der Waals surface area contributed by atoms with E-state index in [0.29, 0.717) is 18.8 Å². The van der Waals surface area contributed by atoms with Gasteiger partial charge in [-0.1, -0.05) is 6.92 Å². The van der Waals surface area contributed by atoms with Gasteiger partial charge in [-0.25, -0.2) is 4.79 Å². The molecule has 17 heavy (non-hydrogen) atoms. The van der Waals surface area contributed by atoms with E-state index in [2.05, 4.69) is 5.32 Å². The number of hydrogen-bond acceptors (Lipinski definition) is 3. The first kappa shape index (κ1) is 14.0. The summed E-state index contributed by atoms with van der Waals surface area (Å²) in [6, 6.07) is -0.272. The largest absolute Gasteiger partial charge is 0.481 e. The minimum absolute atomic E-state index is 0.0291. The summed E-state index contributed by atoms with van der Waals surface area (Å²) in [5.74, 6) is -0.959. The van der Waals surface area contributed by atoms with E-state index in [-0.39, 0.29) is 18.5 Å². The average Bonchev–Trinajstić information content (AvgIpc) is 2.59. The first-order valence-corrected chi connectivity index (χ1v) is 7.20. The number of urea groups is 1. The number of amides is 2. The van der Waals surface area contributed by atoms with E-state index in [4.69, 9.17) is 5.11 Å². The third kappa shape index (κ3) is 3.99. The van der Waals surface area contributed by atoms with Gasteiger partial charge in [0.25, 0.3) is 0 Å². The highest BCUT2D eigenvalue weighted by molar-refractivity contribution is 7.84. The Bertz CT molecular complexity index is 334. The minimum Gasteiger partial charge on any atom is -0.481 e. The molecule has 0 radical (unpaired) electrons. The van der Waals surface area contributed by atoms with Crippen LogP contribution in [0.25, 0.3) is 0 Å². The van der Waals surface area contributed by atoms with Crippen LogP contribution in [0.4, 0.5) is 4.79 Å². The van der Waals surface area contributed by atoms with Crippen LogP contribution >= 0.6 is 0 Å². The summed E-state index contributed by atoms with van der Waals surface area (Å²) < 4.78 is 10.8. The number of carbonyl (C=O) groups is 2. The standard InChI is InChI=1S/C10H18N2O4S/c1-7-5-12(6-8(7)9(13)14)10(15)11-3-4-17(2)16/h7-8H,3-6H2,1-2H3,(H,11,15)(H,13,14). The number of carbonyl (C=O) groups excluding carboxylic acids is 1. The molecule has 1 heterocycles. The zero-order chi connectivity index (χ0) is 13.0. The van der Waals surface area contributed by atoms with Crippen LogP contribution in [0, 0.1) is 11.8 Å². The molecule has 6 nitrogen and oxygen atoms in total. The molecule has 0 spiro atoms. The Labute approximate surface area is 103 Å². The Balaban J connectivity index is 2.39. The molecule has 0 aliphatic carbocycles. The summed E-state index contributed by atoms with van der Waals surface area (Å²) in [6.45, 7) is 2.88. The molecule has 7 heteroatoms. The highest BCUT2D eigenvalue weighted by Gasteiger charge is 2.36. The van der Waals surface area contributed by atoms with Crippen molar-refractivity contribution in [1.82, 2.24) is 10.2 Å². The number of likely N-dealkylation sites (tertiary alicyclic amines) is 1. The van der Waals surface area contributed by atoms with Crippen molar-refractivity contribution < 1.29 is 18.9 Å². The number of carboxylic acid groups (broad SMARTS) is 1. The number of rotatable bonds is 4. The highest BCUT2D eigenvalue weighted by atomic mass is 32.2. The van der Waals surface area contributed by atoms with E-state index in [1.54, 1.807) is 6.26 Å². The summed E-state index contributed by atoms with van der Waals surface area (Å²) >= 11 is 0. The normalized spacial score (nSPS) is 25.6. The molecule has 0 aromatic carbocycles. The van der Waals surface area contributed by atoms with Crippen LogP contribution in [0.1, 0.15) is 6.92 Å². The Hall–Kier alpha value is -1.11. The molecule has 0 aromatic heterocycles. The fourth-order valence-electron chi connectivity index (χ4n) is 1.87. The van der Waals surface area contributed by atoms with Gasteiger partial charge in [0.2, 0.25) is 0 Å². The van der Waals surface area contributed by atoms with Crippen LogP contribution in [0.5, 0.6) is 0 Å². The maximum Gasteiger partial charge on any atom is 0.317 e. The highest BCUT2D eigenvalue weighted by Crippen LogP contribution is 2.22. The second kappa shape index (κ2) is 6.00. The zero-order valence-corrected chi connectivity index (χ0v) is 10.8. The van der Waals surface area contributed by atoms with Crippen LogP contribution < -0.4 is 5.32 Å². The van der Waals surface area contributed by atoms with Crippen molar-refractivity contribution in [1.29, 1.82) is 0 Å². The van der Waals surface area contributed by atoms with Gasteiger partial charge >= 0.3 is 12.0 Å². The average molecular weight is 262 g/mol. The number of nitrogens with one attached hydrogen (secondary N) is 1. The van der Waals surface area contributed by atoms with Crippen LogP contribution in [-0.4, -0.2) is 57.9 Å². The van der Waals surface area contributed by atoms with Crippen molar-refractivity contribution in [2.45, 2.75) is 6.92 Å². The molecule has 2 amide bonds. The molecule has 0 aromatic rings. The van der Waals surface area contributed by atoms with E-state index in [1.807, 2.05) is 6.92 Å². The van der Waals surface area contributed by atoms with Crippen molar-refractivity contribution in [3.63, 3.8) is 0 Å². The lowest BCUT2D eigenvalue weighted by Crippen LogP contribution is -2.40. The molecule has 1 saturated heterocycles. The molecule has 1 aliphatic heterocycles. The second-order valence-corrected chi connectivity index (χ2v) is 5.89. The molecule has 1 aliphatic rings. The van der Waals surface area contributed by atoms with Crippen LogP contribution in [-0.2, 0) is 15.6 Å². The Kier molecular flexibility index (Phi) is 4.92. The van der Waals surface area contributed by atoms with Gasteiger partial charge in [-0.2, -0.15) is 0 Å². The molecule has 1 fully saturated rings. The van der Waals surface area contributed by atoms with Crippen molar-refractivity contribution in [2.75, 3.05) is 31.6 Å². The molecule has 0 bridgehead atoms. The van der Waals surface area contributed by atoms with E-state index in [0.717, 1.165) is 0 Å². The first-order chi connectivity index (χ1) is 7.91. The number of nitrogens with zero attached hydrogens (tertiary/aromatic N) is 1. The molecule has 1 rings (SSSR count). The van der Waals surface area contributed by atoms with Crippen molar-refractivity contribution in [3.05, 3.63) is 0 Å². The monoisotopic (exact) mass is 262 g/mol. The maximum atomic E-state index is 11.7. The molecule has 3 unspecified atom stereocenters. The summed E-state index contributed by atoms with van der Waals surface area (Å²) in [4.78, 5) is 24.1. The number of hydrogen-bond donors (Lipinski definition) is 2. The summed E-state index contributed by atoms with van der Waals surface area (Å²) in [6.07, 6.45) is 1.57. The van der Waals surface area contributed by atoms with Gasteiger partial charge in [0.15, 0.2) is 0 Å². The smallest absolute Gasteiger partial charge is 0.317 e. The molecular formula is C10H18N2O4S. The predicted octanol–water partition coefficient (Wildman–Crippen LogP) is -0.273. The summed E-state index contributed by atoms with van der Waals surface area (Å²) in [7, 11) is -0.932. The lowest BCUT2D eigenvalue weighted by atomic mass is 9.99. The van der Waals surface area contributed by atoms with Gasteiger partial charge in [0.05, 0.1) is 5.92 Å². The number of carboxylic acids is 1. The lowest BCUT2D eigenvalue weighted by Gasteiger charge is -2.16. The fourth-order valence-corrected chi connectivity index (χ4v) is 2.26. The predicted molar refractivity (Wildman–Crippen MR) is 64.2 cm³/mol. The van der Waals surface area contributed by atoms with E-state index < -0.39 is 22.7 Å². The molecule has 0 saturated carbocycles. The first-order valence-electron chi connectivity index (χ1n) is 5.47. The topological polar surface area (TPSA) is 86.7 Å². The third-order valence-corrected chi connectivity index (χ3v) is 3.66. The SMILES string of the molecule is CC1CN(C(=O)NCCS(C)=O)CC1C(=O)O. The second-order valence-electron chi connectivity index (χ2n) is 4.34. The number of aliphatic carboxylic acids is 1. The lowest BCUT2D eigenvalue weighted by molar-refractivity contribution is -0.142. The Morgan fingerprint density at radius 3 is 2.59 bits per heavy atom. The fraction of sp³-hybridized carbons (Fsp3) is 0.800. The molecule has 98 valence electrons. The third-order valence-electron chi connectivity index (χ3n) is 2.88. The van der Waals surface area contributed by atoms with Gasteiger partial charge < -0.3 is 15.3 Å². The Morgan fingerprint density at radius 2 is 2.12 bits per heavy atom. The van der Waals surface area contributed by atoms with Crippen LogP contribution in [0.2, 0.25) is 0 Å². The molecule has 2 N–H and O–H groups in total. The zero-order valence-electron chi connectivity index (χ0n) is 10.0. The van der Waals surface area contributed by atoms with Gasteiger partial charge in [-0.05, 0) is 5.92 Å². The van der Waals surface area contributed by atoms with Gasteiger partial charge in [-0.3, -0.25) is 9.00 Å². The summed E-state index contributed by atoms with van der Waals surface area (Å²) in [5, 5.41) is 11.6. The van der Waals surface area contributed by atoms with Crippen LogP contribution in [0.15, 0.2) is 0 Å². The van der Waals surface area contributed by atoms with Crippen molar-refractivity contribution >= 4 is 22.8 Å². The Morgan fingerprint density at radius 1 is 1.47 bits per heavy atom. The van der Waals surface area contributed by atoms with Gasteiger partial charge in [0.1, 0.15) is 0 Å². The minimum atomic E-state index is -0.932. The van der Waals surface area contributed by atoms with E-state index in [9.17, 15) is 13.8 Å². The van der Waals surface area contributed by atoms with Gasteiger partial charge in [0, 0.05) is 42.4 Å². The quantitative estimate of drug-likeness (QED) is 0.730. The van der Waals surface area contributed by atoms with E-state index in [1.165, 1.54) is 4.90 Å².